The van der Waals surface area contributed by atoms with Gasteiger partial charge in [-0.15, -0.1) is 0 Å². The highest BCUT2D eigenvalue weighted by atomic mass is 32.2. The number of thioether (sulfide) groups is 1. The Morgan fingerprint density at radius 2 is 1.95 bits per heavy atom. The molecule has 0 radical (unpaired) electrons. The van der Waals surface area contributed by atoms with Crippen LogP contribution in [-0.4, -0.2) is 43.4 Å². The second-order valence-corrected chi connectivity index (χ2v) is 8.94. The topological polar surface area (TPSA) is 49.4 Å². The zero-order chi connectivity index (χ0) is 15.6. The maximum atomic E-state index is 12.9. The van der Waals surface area contributed by atoms with Gasteiger partial charge in [0.1, 0.15) is 0 Å². The van der Waals surface area contributed by atoms with Gasteiger partial charge in [0.05, 0.1) is 4.90 Å². The molecule has 1 unspecified atom stereocenters. The van der Waals surface area contributed by atoms with Gasteiger partial charge in [-0.25, -0.2) is 8.42 Å². The van der Waals surface area contributed by atoms with E-state index < -0.39 is 10.0 Å². The molecule has 0 spiro atoms. The molecule has 1 aliphatic heterocycles. The third-order valence-corrected chi connectivity index (χ3v) is 6.95. The first-order chi connectivity index (χ1) is 9.86. The Morgan fingerprint density at radius 1 is 1.33 bits per heavy atom. The number of sulfonamides is 1. The second-order valence-electron chi connectivity index (χ2n) is 5.51. The van der Waals surface area contributed by atoms with Crippen molar-refractivity contribution in [2.75, 3.05) is 30.7 Å². The summed E-state index contributed by atoms with van der Waals surface area (Å²) in [6, 6.07) is 3.84. The highest BCUT2D eigenvalue weighted by molar-refractivity contribution is 8.00. The summed E-state index contributed by atoms with van der Waals surface area (Å²) in [7, 11) is -3.40. The number of benzene rings is 1. The third kappa shape index (κ3) is 3.55. The molecular formula is C15H24N2O2S2. The molecule has 4 nitrogen and oxygen atoms in total. The van der Waals surface area contributed by atoms with Crippen molar-refractivity contribution in [2.24, 2.45) is 0 Å². The van der Waals surface area contributed by atoms with Crippen LogP contribution >= 0.6 is 11.8 Å². The Balaban J connectivity index is 2.40. The van der Waals surface area contributed by atoms with E-state index in [1.807, 2.05) is 44.7 Å². The highest BCUT2D eigenvalue weighted by Gasteiger charge is 2.31. The number of nitrogens with one attached hydrogen (secondary N) is 1. The summed E-state index contributed by atoms with van der Waals surface area (Å²) in [4.78, 5) is 0.475. The fraction of sp³-hybridized carbons (Fsp3) is 0.600. The number of hydrogen-bond acceptors (Lipinski definition) is 4. The van der Waals surface area contributed by atoms with Crippen LogP contribution in [0.2, 0.25) is 0 Å². The number of aryl methyl sites for hydroxylation is 2. The van der Waals surface area contributed by atoms with Crippen LogP contribution in [0.3, 0.4) is 0 Å². The van der Waals surface area contributed by atoms with E-state index in [0.29, 0.717) is 23.2 Å². The summed E-state index contributed by atoms with van der Waals surface area (Å²) in [5.74, 6) is 0.869. The van der Waals surface area contributed by atoms with Crippen molar-refractivity contribution in [1.82, 2.24) is 4.31 Å². The van der Waals surface area contributed by atoms with E-state index in [2.05, 4.69) is 12.2 Å². The van der Waals surface area contributed by atoms with Gasteiger partial charge in [-0.3, -0.25) is 0 Å². The Labute approximate surface area is 132 Å². The molecule has 0 aliphatic carbocycles. The minimum Gasteiger partial charge on any atom is -0.385 e. The number of nitrogens with zero attached hydrogens (tertiary/aromatic N) is 1. The van der Waals surface area contributed by atoms with Crippen molar-refractivity contribution in [3.05, 3.63) is 23.3 Å². The summed E-state index contributed by atoms with van der Waals surface area (Å²) in [6.07, 6.45) is 0. The summed E-state index contributed by atoms with van der Waals surface area (Å²) >= 11 is 1.83. The van der Waals surface area contributed by atoms with Crippen molar-refractivity contribution in [2.45, 2.75) is 37.8 Å². The molecule has 1 aromatic rings. The largest absolute Gasteiger partial charge is 0.385 e. The second kappa shape index (κ2) is 6.58. The fourth-order valence-electron chi connectivity index (χ4n) is 2.80. The normalized spacial score (nSPS) is 20.5. The lowest BCUT2D eigenvalue weighted by molar-refractivity contribution is 0.423. The molecule has 118 valence electrons. The SMILES string of the molecule is CCNc1cc(C)c(S(=O)(=O)N2CCSC(C)C2)c(C)c1. The van der Waals surface area contributed by atoms with Gasteiger partial charge >= 0.3 is 0 Å². The van der Waals surface area contributed by atoms with Crippen molar-refractivity contribution >= 4 is 27.5 Å². The molecule has 0 amide bonds. The van der Waals surface area contributed by atoms with Crippen LogP contribution in [0.1, 0.15) is 25.0 Å². The zero-order valence-corrected chi connectivity index (χ0v) is 14.8. The van der Waals surface area contributed by atoms with Crippen molar-refractivity contribution in [1.29, 1.82) is 0 Å². The molecule has 21 heavy (non-hydrogen) atoms. The molecular weight excluding hydrogens is 304 g/mol. The molecule has 0 saturated carbocycles. The van der Waals surface area contributed by atoms with Crippen LogP contribution in [0.25, 0.3) is 0 Å². The van der Waals surface area contributed by atoms with Crippen LogP contribution in [0.4, 0.5) is 5.69 Å². The Bertz CT molecular complexity index is 591. The van der Waals surface area contributed by atoms with Gasteiger partial charge in [0.2, 0.25) is 10.0 Å². The monoisotopic (exact) mass is 328 g/mol. The fourth-order valence-corrected chi connectivity index (χ4v) is 5.96. The molecule has 1 fully saturated rings. The van der Waals surface area contributed by atoms with E-state index >= 15 is 0 Å². The summed E-state index contributed by atoms with van der Waals surface area (Å²) in [6.45, 7) is 9.89. The standard InChI is InChI=1S/C15H24N2O2S2/c1-5-16-14-8-11(2)15(12(3)9-14)21(18,19)17-6-7-20-13(4)10-17/h8-9,13,16H,5-7,10H2,1-4H3. The van der Waals surface area contributed by atoms with Gasteiger partial charge in [0, 0.05) is 36.3 Å². The lowest BCUT2D eigenvalue weighted by atomic mass is 10.1. The smallest absolute Gasteiger partial charge is 0.243 e. The molecule has 6 heteroatoms. The molecule has 1 aliphatic rings. The first-order valence-corrected chi connectivity index (χ1v) is 9.82. The predicted octanol–water partition coefficient (Wildman–Crippen LogP) is 2.86. The van der Waals surface area contributed by atoms with Gasteiger partial charge in [-0.2, -0.15) is 16.1 Å². The number of rotatable bonds is 4. The Hall–Kier alpha value is -0.720. The van der Waals surface area contributed by atoms with Gasteiger partial charge in [0.15, 0.2) is 0 Å². The van der Waals surface area contributed by atoms with Crippen LogP contribution in [0, 0.1) is 13.8 Å². The maximum absolute atomic E-state index is 12.9. The van der Waals surface area contributed by atoms with Crippen LogP contribution in [0.15, 0.2) is 17.0 Å². The van der Waals surface area contributed by atoms with Crippen LogP contribution < -0.4 is 5.32 Å². The van der Waals surface area contributed by atoms with E-state index in [0.717, 1.165) is 29.1 Å². The van der Waals surface area contributed by atoms with E-state index in [9.17, 15) is 8.42 Å². The van der Waals surface area contributed by atoms with Crippen molar-refractivity contribution in [3.8, 4) is 0 Å². The predicted molar refractivity (Wildman–Crippen MR) is 90.8 cm³/mol. The lowest BCUT2D eigenvalue weighted by Gasteiger charge is -2.30. The van der Waals surface area contributed by atoms with Crippen LogP contribution in [0.5, 0.6) is 0 Å². The summed E-state index contributed by atoms with van der Waals surface area (Å²) in [5, 5.41) is 3.60. The molecule has 0 aromatic heterocycles. The average Bonchev–Trinajstić information content (AvgIpc) is 2.37. The molecule has 2 rings (SSSR count). The summed E-state index contributed by atoms with van der Waals surface area (Å²) in [5.41, 5.74) is 2.61. The van der Waals surface area contributed by atoms with Gasteiger partial charge < -0.3 is 5.32 Å². The third-order valence-electron chi connectivity index (χ3n) is 3.64. The number of hydrogen-bond donors (Lipinski definition) is 1. The molecule has 1 atom stereocenters. The maximum Gasteiger partial charge on any atom is 0.243 e. The number of anilines is 1. The highest BCUT2D eigenvalue weighted by Crippen LogP contribution is 2.30. The Morgan fingerprint density at radius 3 is 2.48 bits per heavy atom. The molecule has 0 bridgehead atoms. The zero-order valence-electron chi connectivity index (χ0n) is 13.1. The first-order valence-electron chi connectivity index (χ1n) is 7.33. The van der Waals surface area contributed by atoms with Gasteiger partial charge in [0.25, 0.3) is 0 Å². The van der Waals surface area contributed by atoms with E-state index in [4.69, 9.17) is 0 Å². The minimum absolute atomic E-state index is 0.357. The van der Waals surface area contributed by atoms with Crippen molar-refractivity contribution in [3.63, 3.8) is 0 Å². The summed E-state index contributed by atoms with van der Waals surface area (Å²) < 4.78 is 27.5. The first kappa shape index (κ1) is 16.6. The molecule has 1 aromatic carbocycles. The van der Waals surface area contributed by atoms with E-state index in [1.54, 1.807) is 4.31 Å². The van der Waals surface area contributed by atoms with Gasteiger partial charge in [-0.05, 0) is 44.0 Å². The average molecular weight is 329 g/mol. The minimum atomic E-state index is -3.40. The lowest BCUT2D eigenvalue weighted by Crippen LogP contribution is -2.41. The van der Waals surface area contributed by atoms with Crippen molar-refractivity contribution < 1.29 is 8.42 Å². The van der Waals surface area contributed by atoms with Gasteiger partial charge in [-0.1, -0.05) is 6.92 Å². The molecule has 1 heterocycles. The Kier molecular flexibility index (Phi) is 5.22. The molecule has 1 saturated heterocycles. The van der Waals surface area contributed by atoms with Crippen LogP contribution in [-0.2, 0) is 10.0 Å². The van der Waals surface area contributed by atoms with E-state index in [-0.39, 0.29) is 0 Å². The quantitative estimate of drug-likeness (QED) is 0.923. The van der Waals surface area contributed by atoms with E-state index in [1.165, 1.54) is 0 Å². The molecule has 1 N–H and O–H groups in total.